The molecule has 3 rings (SSSR count). The molecule has 1 saturated heterocycles. The van der Waals surface area contributed by atoms with Gasteiger partial charge in [0, 0.05) is 57.1 Å². The van der Waals surface area contributed by atoms with E-state index >= 15 is 0 Å². The highest BCUT2D eigenvalue weighted by molar-refractivity contribution is 7.09. The van der Waals surface area contributed by atoms with Crippen LogP contribution in [0.25, 0.3) is 0 Å². The predicted molar refractivity (Wildman–Crippen MR) is 102 cm³/mol. The van der Waals surface area contributed by atoms with Crippen LogP contribution in [0.4, 0.5) is 5.69 Å². The third kappa shape index (κ3) is 4.47. The fourth-order valence-electron chi connectivity index (χ4n) is 2.85. The molecule has 0 spiro atoms. The highest BCUT2D eigenvalue weighted by Crippen LogP contribution is 2.13. The number of amides is 1. The molecule has 9 heteroatoms. The van der Waals surface area contributed by atoms with E-state index in [-0.39, 0.29) is 18.0 Å². The molecule has 0 radical (unpaired) electrons. The smallest absolute Gasteiger partial charge is 0.269 e. The van der Waals surface area contributed by atoms with Gasteiger partial charge in [0.05, 0.1) is 23.1 Å². The number of rotatable bonds is 6. The van der Waals surface area contributed by atoms with Gasteiger partial charge in [0.25, 0.3) is 5.56 Å². The standard InChI is InChI=1S/C17H24N6O2S/c1-13-15(26-12-19-13)3-6-21(2)17(25)11-23-16(24)9-14(10-20-23)22-7-4-18-5-8-22/h9-10,12,18H,3-8,11H2,1-2H3. The lowest BCUT2D eigenvalue weighted by Crippen LogP contribution is -2.44. The molecule has 2 aromatic rings. The number of likely N-dealkylation sites (N-methyl/N-ethyl adjacent to an activating group) is 1. The van der Waals surface area contributed by atoms with Gasteiger partial charge >= 0.3 is 0 Å². The molecule has 0 unspecified atom stereocenters. The molecular weight excluding hydrogens is 352 g/mol. The van der Waals surface area contributed by atoms with E-state index in [1.807, 2.05) is 12.4 Å². The molecule has 0 bridgehead atoms. The molecule has 3 heterocycles. The molecule has 0 aromatic carbocycles. The van der Waals surface area contributed by atoms with Crippen LogP contribution in [0.5, 0.6) is 0 Å². The van der Waals surface area contributed by atoms with Crippen molar-refractivity contribution in [3.8, 4) is 0 Å². The van der Waals surface area contributed by atoms with Crippen LogP contribution in [-0.4, -0.2) is 65.3 Å². The van der Waals surface area contributed by atoms with Gasteiger partial charge in [0.15, 0.2) is 0 Å². The number of piperazine rings is 1. The number of nitrogens with zero attached hydrogens (tertiary/aromatic N) is 5. The minimum atomic E-state index is -0.249. The van der Waals surface area contributed by atoms with Gasteiger partial charge in [0.2, 0.25) is 5.91 Å². The van der Waals surface area contributed by atoms with E-state index < -0.39 is 0 Å². The third-order valence-electron chi connectivity index (χ3n) is 4.57. The van der Waals surface area contributed by atoms with E-state index in [9.17, 15) is 9.59 Å². The summed E-state index contributed by atoms with van der Waals surface area (Å²) >= 11 is 1.60. The average Bonchev–Trinajstić information content (AvgIpc) is 3.07. The van der Waals surface area contributed by atoms with Crippen molar-refractivity contribution >= 4 is 22.9 Å². The van der Waals surface area contributed by atoms with Gasteiger partial charge < -0.3 is 15.1 Å². The minimum absolute atomic E-state index is 0.0428. The Kier molecular flexibility index (Phi) is 6.00. The summed E-state index contributed by atoms with van der Waals surface area (Å²) in [5, 5.41) is 7.46. The highest BCUT2D eigenvalue weighted by Gasteiger charge is 2.15. The summed E-state index contributed by atoms with van der Waals surface area (Å²) in [5.74, 6) is -0.128. The van der Waals surface area contributed by atoms with Crippen LogP contribution < -0.4 is 15.8 Å². The lowest BCUT2D eigenvalue weighted by Gasteiger charge is -2.29. The van der Waals surface area contributed by atoms with Gasteiger partial charge in [-0.15, -0.1) is 11.3 Å². The second-order valence-corrected chi connectivity index (χ2v) is 7.31. The first kappa shape index (κ1) is 18.5. The molecule has 1 N–H and O–H groups in total. The normalized spacial score (nSPS) is 14.5. The second kappa shape index (κ2) is 8.41. The quantitative estimate of drug-likeness (QED) is 0.771. The first-order valence-electron chi connectivity index (χ1n) is 8.70. The van der Waals surface area contributed by atoms with E-state index in [0.29, 0.717) is 6.54 Å². The Morgan fingerprint density at radius 3 is 2.81 bits per heavy atom. The molecule has 0 atom stereocenters. The molecular formula is C17H24N6O2S. The summed E-state index contributed by atoms with van der Waals surface area (Å²) in [4.78, 5) is 33.9. The maximum absolute atomic E-state index is 12.4. The summed E-state index contributed by atoms with van der Waals surface area (Å²) in [5.41, 5.74) is 3.39. The zero-order chi connectivity index (χ0) is 18.5. The topological polar surface area (TPSA) is 83.4 Å². The maximum atomic E-state index is 12.4. The number of hydrogen-bond acceptors (Lipinski definition) is 7. The number of thiazole rings is 1. The minimum Gasteiger partial charge on any atom is -0.368 e. The molecule has 8 nitrogen and oxygen atoms in total. The van der Waals surface area contributed by atoms with Crippen LogP contribution in [0.2, 0.25) is 0 Å². The van der Waals surface area contributed by atoms with Crippen LogP contribution in [-0.2, 0) is 17.8 Å². The van der Waals surface area contributed by atoms with E-state index in [0.717, 1.165) is 44.0 Å². The Labute approximate surface area is 156 Å². The van der Waals surface area contributed by atoms with Gasteiger partial charge in [-0.05, 0) is 6.92 Å². The van der Waals surface area contributed by atoms with E-state index in [2.05, 4.69) is 20.3 Å². The van der Waals surface area contributed by atoms with Gasteiger partial charge in [-0.25, -0.2) is 9.67 Å². The molecule has 1 amide bonds. The van der Waals surface area contributed by atoms with Crippen molar-refractivity contribution in [1.29, 1.82) is 0 Å². The van der Waals surface area contributed by atoms with E-state index in [1.54, 1.807) is 35.5 Å². The van der Waals surface area contributed by atoms with E-state index in [1.165, 1.54) is 9.56 Å². The fraction of sp³-hybridized carbons (Fsp3) is 0.529. The summed E-state index contributed by atoms with van der Waals surface area (Å²) < 4.78 is 1.22. The Morgan fingerprint density at radius 2 is 2.15 bits per heavy atom. The van der Waals surface area contributed by atoms with Crippen molar-refractivity contribution in [3.05, 3.63) is 38.7 Å². The van der Waals surface area contributed by atoms with Crippen LogP contribution >= 0.6 is 11.3 Å². The SMILES string of the molecule is Cc1ncsc1CCN(C)C(=O)Cn1ncc(N2CCNCC2)cc1=O. The second-order valence-electron chi connectivity index (χ2n) is 6.37. The zero-order valence-corrected chi connectivity index (χ0v) is 16.0. The van der Waals surface area contributed by atoms with Crippen molar-refractivity contribution in [2.75, 3.05) is 44.7 Å². The van der Waals surface area contributed by atoms with Gasteiger partial charge in [-0.3, -0.25) is 9.59 Å². The van der Waals surface area contributed by atoms with Gasteiger partial charge in [0.1, 0.15) is 6.54 Å². The summed E-state index contributed by atoms with van der Waals surface area (Å²) in [7, 11) is 1.75. The first-order chi connectivity index (χ1) is 12.5. The number of carbonyl (C=O) groups is 1. The lowest BCUT2D eigenvalue weighted by molar-refractivity contribution is -0.130. The van der Waals surface area contributed by atoms with Crippen LogP contribution in [0.1, 0.15) is 10.6 Å². The van der Waals surface area contributed by atoms with Crippen molar-refractivity contribution in [2.45, 2.75) is 19.9 Å². The van der Waals surface area contributed by atoms with Crippen molar-refractivity contribution in [2.24, 2.45) is 0 Å². The van der Waals surface area contributed by atoms with Crippen molar-refractivity contribution < 1.29 is 4.79 Å². The van der Waals surface area contributed by atoms with Gasteiger partial charge in [-0.2, -0.15) is 5.10 Å². The fourth-order valence-corrected chi connectivity index (χ4v) is 3.62. The third-order valence-corrected chi connectivity index (χ3v) is 5.56. The molecule has 26 heavy (non-hydrogen) atoms. The number of aromatic nitrogens is 3. The lowest BCUT2D eigenvalue weighted by atomic mass is 10.3. The van der Waals surface area contributed by atoms with Crippen LogP contribution in [0.3, 0.4) is 0 Å². The number of anilines is 1. The monoisotopic (exact) mass is 376 g/mol. The first-order valence-corrected chi connectivity index (χ1v) is 9.58. The highest BCUT2D eigenvalue weighted by atomic mass is 32.1. The molecule has 0 saturated carbocycles. The predicted octanol–water partition coefficient (Wildman–Crippen LogP) is 0.119. The zero-order valence-electron chi connectivity index (χ0n) is 15.1. The largest absolute Gasteiger partial charge is 0.368 e. The number of nitrogens with one attached hydrogen (secondary N) is 1. The molecule has 1 aliphatic heterocycles. The maximum Gasteiger partial charge on any atom is 0.269 e. The number of aryl methyl sites for hydroxylation is 1. The van der Waals surface area contributed by atoms with Crippen LogP contribution in [0.15, 0.2) is 22.6 Å². The number of carbonyl (C=O) groups excluding carboxylic acids is 1. The van der Waals surface area contributed by atoms with Crippen LogP contribution in [0, 0.1) is 6.92 Å². The Balaban J connectivity index is 1.58. The average molecular weight is 376 g/mol. The van der Waals surface area contributed by atoms with E-state index in [4.69, 9.17) is 0 Å². The van der Waals surface area contributed by atoms with Gasteiger partial charge in [-0.1, -0.05) is 0 Å². The molecule has 1 fully saturated rings. The summed E-state index contributed by atoms with van der Waals surface area (Å²) in [6.07, 6.45) is 2.43. The number of hydrogen-bond donors (Lipinski definition) is 1. The Morgan fingerprint density at radius 1 is 1.38 bits per heavy atom. The van der Waals surface area contributed by atoms with Crippen molar-refractivity contribution in [1.82, 2.24) is 25.0 Å². The summed E-state index contributed by atoms with van der Waals surface area (Å²) in [6.45, 7) is 6.01. The molecule has 140 valence electrons. The summed E-state index contributed by atoms with van der Waals surface area (Å²) in [6, 6.07) is 1.56. The Hall–Kier alpha value is -2.26. The molecule has 1 aliphatic rings. The van der Waals surface area contributed by atoms with Crippen molar-refractivity contribution in [3.63, 3.8) is 0 Å². The molecule has 2 aromatic heterocycles. The Bertz CT molecular complexity index is 812. The molecule has 0 aliphatic carbocycles.